The highest BCUT2D eigenvalue weighted by Crippen LogP contribution is 2.28. The average Bonchev–Trinajstić information content (AvgIpc) is 3.18. The highest BCUT2D eigenvalue weighted by molar-refractivity contribution is 5.78. The molecule has 1 aliphatic rings. The summed E-state index contributed by atoms with van der Waals surface area (Å²) in [6.07, 6.45) is 3.57. The smallest absolute Gasteiger partial charge is 0.150 e. The number of rotatable bonds is 7. The summed E-state index contributed by atoms with van der Waals surface area (Å²) in [6, 6.07) is 5.90. The number of hydrogen-bond acceptors (Lipinski definition) is 3. The molecule has 0 atom stereocenters. The van der Waals surface area contributed by atoms with Crippen molar-refractivity contribution < 1.29 is 9.53 Å². The van der Waals surface area contributed by atoms with Gasteiger partial charge in [-0.2, -0.15) is 0 Å². The second-order valence-corrected chi connectivity index (χ2v) is 5.10. The van der Waals surface area contributed by atoms with Crippen molar-refractivity contribution in [3.05, 3.63) is 29.3 Å². The van der Waals surface area contributed by atoms with Crippen LogP contribution in [0.15, 0.2) is 18.2 Å². The first kappa shape index (κ1) is 13.1. The van der Waals surface area contributed by atoms with Gasteiger partial charge in [0, 0.05) is 31.5 Å². The van der Waals surface area contributed by atoms with E-state index < -0.39 is 0 Å². The van der Waals surface area contributed by atoms with E-state index in [1.807, 2.05) is 25.1 Å². The van der Waals surface area contributed by atoms with Crippen LogP contribution in [-0.2, 0) is 4.74 Å². The Kier molecular flexibility index (Phi) is 4.37. The van der Waals surface area contributed by atoms with Gasteiger partial charge in [0.15, 0.2) is 0 Å². The predicted molar refractivity (Wildman–Crippen MR) is 73.4 cm³/mol. The molecule has 1 saturated carbocycles. The number of likely N-dealkylation sites (N-methyl/N-ethyl adjacent to an activating group) is 1. The predicted octanol–water partition coefficient (Wildman–Crippen LogP) is 2.67. The van der Waals surface area contributed by atoms with Crippen molar-refractivity contribution in [2.75, 3.05) is 31.7 Å². The molecule has 0 spiro atoms. The standard InChI is InChI=1S/C15H21NO2/c1-12-9-15(6-5-14(12)10-17)16(2)7-8-18-11-13-3-4-13/h5-6,9-10,13H,3-4,7-8,11H2,1-2H3. The molecule has 98 valence electrons. The van der Waals surface area contributed by atoms with E-state index in [9.17, 15) is 4.79 Å². The lowest BCUT2D eigenvalue weighted by molar-refractivity contribution is 0.112. The first-order chi connectivity index (χ1) is 8.70. The first-order valence-corrected chi connectivity index (χ1v) is 6.55. The number of anilines is 1. The van der Waals surface area contributed by atoms with Gasteiger partial charge in [0.25, 0.3) is 0 Å². The largest absolute Gasteiger partial charge is 0.379 e. The van der Waals surface area contributed by atoms with E-state index in [4.69, 9.17) is 4.74 Å². The molecule has 1 aliphatic carbocycles. The molecular formula is C15H21NO2. The van der Waals surface area contributed by atoms with Gasteiger partial charge in [0.1, 0.15) is 6.29 Å². The third-order valence-electron chi connectivity index (χ3n) is 3.44. The molecule has 1 fully saturated rings. The van der Waals surface area contributed by atoms with Crippen LogP contribution in [0.2, 0.25) is 0 Å². The van der Waals surface area contributed by atoms with Crippen LogP contribution in [-0.4, -0.2) is 33.1 Å². The Morgan fingerprint density at radius 1 is 1.44 bits per heavy atom. The van der Waals surface area contributed by atoms with Crippen LogP contribution in [0, 0.1) is 12.8 Å². The number of ether oxygens (including phenoxy) is 1. The highest BCUT2D eigenvalue weighted by atomic mass is 16.5. The number of nitrogens with zero attached hydrogens (tertiary/aromatic N) is 1. The molecule has 0 amide bonds. The maximum absolute atomic E-state index is 10.8. The first-order valence-electron chi connectivity index (χ1n) is 6.55. The van der Waals surface area contributed by atoms with Gasteiger partial charge in [-0.3, -0.25) is 4.79 Å². The molecule has 18 heavy (non-hydrogen) atoms. The average molecular weight is 247 g/mol. The Labute approximate surface area is 109 Å². The Morgan fingerprint density at radius 3 is 2.83 bits per heavy atom. The Hall–Kier alpha value is -1.35. The minimum absolute atomic E-state index is 0.761. The van der Waals surface area contributed by atoms with Crippen LogP contribution in [0.3, 0.4) is 0 Å². The van der Waals surface area contributed by atoms with Crippen molar-refractivity contribution >= 4 is 12.0 Å². The number of benzene rings is 1. The number of carbonyl (C=O) groups excluding carboxylic acids is 1. The summed E-state index contributed by atoms with van der Waals surface area (Å²) in [5.74, 6) is 0.824. The van der Waals surface area contributed by atoms with Crippen molar-refractivity contribution in [1.82, 2.24) is 0 Å². The second kappa shape index (κ2) is 6.01. The molecule has 3 heteroatoms. The number of carbonyl (C=O) groups is 1. The van der Waals surface area contributed by atoms with Crippen molar-refractivity contribution in [2.45, 2.75) is 19.8 Å². The van der Waals surface area contributed by atoms with Crippen LogP contribution in [0.4, 0.5) is 5.69 Å². The number of aldehydes is 1. The molecule has 1 aromatic rings. The zero-order valence-electron chi connectivity index (χ0n) is 11.2. The molecule has 0 bridgehead atoms. The van der Waals surface area contributed by atoms with Crippen molar-refractivity contribution in [3.63, 3.8) is 0 Å². The fourth-order valence-electron chi connectivity index (χ4n) is 1.89. The van der Waals surface area contributed by atoms with Crippen molar-refractivity contribution in [1.29, 1.82) is 0 Å². The highest BCUT2D eigenvalue weighted by Gasteiger charge is 2.20. The minimum Gasteiger partial charge on any atom is -0.379 e. The maximum atomic E-state index is 10.8. The van der Waals surface area contributed by atoms with Gasteiger partial charge in [-0.1, -0.05) is 0 Å². The molecule has 0 unspecified atom stereocenters. The molecule has 0 saturated heterocycles. The van der Waals surface area contributed by atoms with E-state index in [1.54, 1.807) is 0 Å². The Morgan fingerprint density at radius 2 is 2.22 bits per heavy atom. The molecule has 0 aromatic heterocycles. The molecule has 0 aliphatic heterocycles. The molecule has 1 aromatic carbocycles. The van der Waals surface area contributed by atoms with Gasteiger partial charge >= 0.3 is 0 Å². The van der Waals surface area contributed by atoms with Gasteiger partial charge in [0.2, 0.25) is 0 Å². The monoisotopic (exact) mass is 247 g/mol. The van der Waals surface area contributed by atoms with Crippen LogP contribution in [0.1, 0.15) is 28.8 Å². The topological polar surface area (TPSA) is 29.5 Å². The summed E-state index contributed by atoms with van der Waals surface area (Å²) < 4.78 is 5.63. The summed E-state index contributed by atoms with van der Waals surface area (Å²) in [4.78, 5) is 12.9. The number of hydrogen-bond donors (Lipinski definition) is 0. The van der Waals surface area contributed by atoms with Crippen LogP contribution in [0.25, 0.3) is 0 Å². The molecule has 0 radical (unpaired) electrons. The normalized spacial score (nSPS) is 14.6. The summed E-state index contributed by atoms with van der Waals surface area (Å²) in [5.41, 5.74) is 2.92. The minimum atomic E-state index is 0.761. The summed E-state index contributed by atoms with van der Waals surface area (Å²) in [7, 11) is 2.05. The number of aryl methyl sites for hydroxylation is 1. The van der Waals surface area contributed by atoms with E-state index in [2.05, 4.69) is 11.9 Å². The zero-order valence-corrected chi connectivity index (χ0v) is 11.2. The zero-order chi connectivity index (χ0) is 13.0. The molecule has 0 heterocycles. The third-order valence-corrected chi connectivity index (χ3v) is 3.44. The fourth-order valence-corrected chi connectivity index (χ4v) is 1.89. The van der Waals surface area contributed by atoms with Gasteiger partial charge in [-0.05, 0) is 49.4 Å². The van der Waals surface area contributed by atoms with Gasteiger partial charge in [-0.25, -0.2) is 0 Å². The van der Waals surface area contributed by atoms with Crippen molar-refractivity contribution in [2.24, 2.45) is 5.92 Å². The Balaban J connectivity index is 1.81. The lowest BCUT2D eigenvalue weighted by atomic mass is 10.1. The van der Waals surface area contributed by atoms with Crippen LogP contribution in [0.5, 0.6) is 0 Å². The summed E-state index contributed by atoms with van der Waals surface area (Å²) in [5, 5.41) is 0. The SMILES string of the molecule is Cc1cc(N(C)CCOCC2CC2)ccc1C=O. The van der Waals surface area contributed by atoms with Crippen LogP contribution < -0.4 is 4.90 Å². The van der Waals surface area contributed by atoms with E-state index >= 15 is 0 Å². The molecule has 2 rings (SSSR count). The molecule has 0 N–H and O–H groups in total. The Bertz CT molecular complexity index is 413. The van der Waals surface area contributed by atoms with Crippen LogP contribution >= 0.6 is 0 Å². The van der Waals surface area contributed by atoms with Gasteiger partial charge < -0.3 is 9.64 Å². The molecule has 3 nitrogen and oxygen atoms in total. The second-order valence-electron chi connectivity index (χ2n) is 5.10. The van der Waals surface area contributed by atoms with Gasteiger partial charge in [-0.15, -0.1) is 0 Å². The lowest BCUT2D eigenvalue weighted by Crippen LogP contribution is -2.23. The van der Waals surface area contributed by atoms with E-state index in [1.165, 1.54) is 12.8 Å². The third kappa shape index (κ3) is 3.57. The maximum Gasteiger partial charge on any atom is 0.150 e. The molecular weight excluding hydrogens is 226 g/mol. The van der Waals surface area contributed by atoms with E-state index in [0.717, 1.165) is 48.8 Å². The summed E-state index contributed by atoms with van der Waals surface area (Å²) in [6.45, 7) is 4.52. The van der Waals surface area contributed by atoms with E-state index in [0.29, 0.717) is 0 Å². The summed E-state index contributed by atoms with van der Waals surface area (Å²) >= 11 is 0. The van der Waals surface area contributed by atoms with Crippen molar-refractivity contribution in [3.8, 4) is 0 Å². The van der Waals surface area contributed by atoms with Gasteiger partial charge in [0.05, 0.1) is 6.61 Å². The lowest BCUT2D eigenvalue weighted by Gasteiger charge is -2.20. The quantitative estimate of drug-likeness (QED) is 0.548. The fraction of sp³-hybridized carbons (Fsp3) is 0.533. The van der Waals surface area contributed by atoms with E-state index in [-0.39, 0.29) is 0 Å².